The van der Waals surface area contributed by atoms with Crippen LogP contribution in [-0.4, -0.2) is 19.7 Å². The van der Waals surface area contributed by atoms with Crippen LogP contribution in [-0.2, 0) is 17.6 Å². The summed E-state index contributed by atoms with van der Waals surface area (Å²) in [6.07, 6.45) is 2.47. The SMILES string of the molecule is c1ccc2c(c1)CC2CNCC1OCCc2ccccc21. The molecule has 1 N–H and O–H groups in total. The molecule has 0 aromatic heterocycles. The summed E-state index contributed by atoms with van der Waals surface area (Å²) in [5, 5.41) is 3.61. The molecule has 1 heterocycles. The fourth-order valence-electron chi connectivity index (χ4n) is 3.58. The number of nitrogens with one attached hydrogen (secondary N) is 1. The average molecular weight is 279 g/mol. The van der Waals surface area contributed by atoms with Crippen molar-refractivity contribution in [3.63, 3.8) is 0 Å². The van der Waals surface area contributed by atoms with Crippen LogP contribution in [0.4, 0.5) is 0 Å². The maximum absolute atomic E-state index is 5.94. The molecule has 2 aromatic carbocycles. The highest BCUT2D eigenvalue weighted by atomic mass is 16.5. The molecule has 0 amide bonds. The summed E-state index contributed by atoms with van der Waals surface area (Å²) in [6.45, 7) is 2.81. The third-order valence-electron chi connectivity index (χ3n) is 4.77. The van der Waals surface area contributed by atoms with Crippen molar-refractivity contribution >= 4 is 0 Å². The van der Waals surface area contributed by atoms with E-state index in [4.69, 9.17) is 4.74 Å². The van der Waals surface area contributed by atoms with Gasteiger partial charge in [-0.25, -0.2) is 0 Å². The van der Waals surface area contributed by atoms with E-state index >= 15 is 0 Å². The lowest BCUT2D eigenvalue weighted by Crippen LogP contribution is -2.33. The van der Waals surface area contributed by atoms with Gasteiger partial charge in [0.25, 0.3) is 0 Å². The molecule has 0 fully saturated rings. The summed E-state index contributed by atoms with van der Waals surface area (Å²) in [5.41, 5.74) is 5.85. The van der Waals surface area contributed by atoms with E-state index in [0.717, 1.165) is 26.1 Å². The van der Waals surface area contributed by atoms with E-state index in [9.17, 15) is 0 Å². The van der Waals surface area contributed by atoms with Gasteiger partial charge in [0.2, 0.25) is 0 Å². The van der Waals surface area contributed by atoms with Crippen molar-refractivity contribution in [2.24, 2.45) is 0 Å². The fraction of sp³-hybridized carbons (Fsp3) is 0.368. The first-order valence-electron chi connectivity index (χ1n) is 7.90. The van der Waals surface area contributed by atoms with Crippen LogP contribution >= 0.6 is 0 Å². The Kier molecular flexibility index (Phi) is 3.50. The molecule has 1 aliphatic heterocycles. The van der Waals surface area contributed by atoms with Crippen molar-refractivity contribution in [2.75, 3.05) is 19.7 Å². The highest BCUT2D eigenvalue weighted by Crippen LogP contribution is 2.34. The predicted octanol–water partition coefficient (Wildman–Crippen LogP) is 3.23. The van der Waals surface area contributed by atoms with Crippen molar-refractivity contribution in [1.82, 2.24) is 5.32 Å². The molecular weight excluding hydrogens is 258 g/mol. The largest absolute Gasteiger partial charge is 0.372 e. The monoisotopic (exact) mass is 279 g/mol. The quantitative estimate of drug-likeness (QED) is 0.928. The first-order valence-corrected chi connectivity index (χ1v) is 7.90. The van der Waals surface area contributed by atoms with Gasteiger partial charge >= 0.3 is 0 Å². The number of hydrogen-bond donors (Lipinski definition) is 1. The standard InChI is InChI=1S/C19H21NO/c1-4-8-18-14(5-1)9-10-21-19(18)13-20-12-16-11-15-6-2-3-7-17(15)16/h1-8,16,19-20H,9-13H2. The lowest BCUT2D eigenvalue weighted by Gasteiger charge is -2.32. The molecule has 2 nitrogen and oxygen atoms in total. The normalized spacial score (nSPS) is 23.0. The first kappa shape index (κ1) is 13.1. The minimum absolute atomic E-state index is 0.213. The van der Waals surface area contributed by atoms with E-state index in [2.05, 4.69) is 53.8 Å². The minimum Gasteiger partial charge on any atom is -0.372 e. The van der Waals surface area contributed by atoms with Gasteiger partial charge in [-0.2, -0.15) is 0 Å². The van der Waals surface area contributed by atoms with Gasteiger partial charge in [0.05, 0.1) is 12.7 Å². The second kappa shape index (κ2) is 5.63. The minimum atomic E-state index is 0.213. The molecule has 4 rings (SSSR count). The summed E-state index contributed by atoms with van der Waals surface area (Å²) < 4.78 is 5.94. The Hall–Kier alpha value is -1.64. The van der Waals surface area contributed by atoms with Crippen LogP contribution in [0.1, 0.15) is 34.3 Å². The molecule has 21 heavy (non-hydrogen) atoms. The van der Waals surface area contributed by atoms with Gasteiger partial charge < -0.3 is 10.1 Å². The molecular formula is C19H21NO. The Labute approximate surface area is 126 Å². The van der Waals surface area contributed by atoms with Gasteiger partial charge in [-0.15, -0.1) is 0 Å². The van der Waals surface area contributed by atoms with Crippen molar-refractivity contribution in [2.45, 2.75) is 24.9 Å². The van der Waals surface area contributed by atoms with Crippen LogP contribution in [0.2, 0.25) is 0 Å². The lowest BCUT2D eigenvalue weighted by atomic mass is 9.77. The van der Waals surface area contributed by atoms with Gasteiger partial charge in [-0.05, 0) is 35.1 Å². The topological polar surface area (TPSA) is 21.3 Å². The second-order valence-corrected chi connectivity index (χ2v) is 6.07. The molecule has 1 aliphatic carbocycles. The molecule has 2 atom stereocenters. The van der Waals surface area contributed by atoms with Crippen LogP contribution < -0.4 is 5.32 Å². The van der Waals surface area contributed by atoms with Gasteiger partial charge in [-0.3, -0.25) is 0 Å². The second-order valence-electron chi connectivity index (χ2n) is 6.07. The smallest absolute Gasteiger partial charge is 0.0952 e. The van der Waals surface area contributed by atoms with Gasteiger partial charge in [-0.1, -0.05) is 48.5 Å². The van der Waals surface area contributed by atoms with E-state index in [0.29, 0.717) is 5.92 Å². The van der Waals surface area contributed by atoms with E-state index in [-0.39, 0.29) is 6.10 Å². The van der Waals surface area contributed by atoms with Crippen LogP contribution in [0.3, 0.4) is 0 Å². The fourth-order valence-corrected chi connectivity index (χ4v) is 3.58. The van der Waals surface area contributed by atoms with Crippen molar-refractivity contribution in [1.29, 1.82) is 0 Å². The molecule has 0 bridgehead atoms. The highest BCUT2D eigenvalue weighted by Gasteiger charge is 2.26. The number of fused-ring (bicyclic) bond motifs is 2. The van der Waals surface area contributed by atoms with Gasteiger partial charge in [0.1, 0.15) is 0 Å². The molecule has 108 valence electrons. The molecule has 2 unspecified atom stereocenters. The summed E-state index contributed by atoms with van der Waals surface area (Å²) >= 11 is 0. The zero-order chi connectivity index (χ0) is 14.1. The van der Waals surface area contributed by atoms with Gasteiger partial charge in [0, 0.05) is 19.0 Å². The Morgan fingerprint density at radius 1 is 0.905 bits per heavy atom. The van der Waals surface area contributed by atoms with E-state index in [1.807, 2.05) is 0 Å². The van der Waals surface area contributed by atoms with Crippen molar-refractivity contribution < 1.29 is 4.74 Å². The number of benzene rings is 2. The molecule has 2 aliphatic rings. The third-order valence-corrected chi connectivity index (χ3v) is 4.77. The van der Waals surface area contributed by atoms with Crippen LogP contribution in [0.15, 0.2) is 48.5 Å². The Balaban J connectivity index is 1.35. The third kappa shape index (κ3) is 2.50. The van der Waals surface area contributed by atoms with Crippen molar-refractivity contribution in [3.05, 3.63) is 70.8 Å². The van der Waals surface area contributed by atoms with Crippen LogP contribution in [0.5, 0.6) is 0 Å². The first-order chi connectivity index (χ1) is 10.4. The average Bonchev–Trinajstić information content (AvgIpc) is 2.52. The summed E-state index contributed by atoms with van der Waals surface area (Å²) in [5.74, 6) is 0.681. The van der Waals surface area contributed by atoms with E-state index in [1.165, 1.54) is 28.7 Å². The lowest BCUT2D eigenvalue weighted by molar-refractivity contribution is 0.0423. The Morgan fingerprint density at radius 3 is 2.52 bits per heavy atom. The number of ether oxygens (including phenoxy) is 1. The van der Waals surface area contributed by atoms with E-state index in [1.54, 1.807) is 0 Å². The molecule has 2 aromatic rings. The van der Waals surface area contributed by atoms with Crippen LogP contribution in [0, 0.1) is 0 Å². The van der Waals surface area contributed by atoms with E-state index < -0.39 is 0 Å². The maximum atomic E-state index is 5.94. The summed E-state index contributed by atoms with van der Waals surface area (Å²) in [6, 6.07) is 17.5. The molecule has 0 saturated carbocycles. The zero-order valence-electron chi connectivity index (χ0n) is 12.2. The Bertz CT molecular complexity index is 637. The molecule has 0 radical (unpaired) electrons. The van der Waals surface area contributed by atoms with Gasteiger partial charge in [0.15, 0.2) is 0 Å². The summed E-state index contributed by atoms with van der Waals surface area (Å²) in [7, 11) is 0. The Morgan fingerprint density at radius 2 is 1.67 bits per heavy atom. The number of hydrogen-bond acceptors (Lipinski definition) is 2. The van der Waals surface area contributed by atoms with Crippen LogP contribution in [0.25, 0.3) is 0 Å². The molecule has 0 saturated heterocycles. The molecule has 0 spiro atoms. The zero-order valence-corrected chi connectivity index (χ0v) is 12.2. The highest BCUT2D eigenvalue weighted by molar-refractivity contribution is 5.40. The summed E-state index contributed by atoms with van der Waals surface area (Å²) in [4.78, 5) is 0. The van der Waals surface area contributed by atoms with Crippen molar-refractivity contribution in [3.8, 4) is 0 Å². The maximum Gasteiger partial charge on any atom is 0.0952 e. The number of rotatable bonds is 4. The predicted molar refractivity (Wildman–Crippen MR) is 84.6 cm³/mol. The molecule has 2 heteroatoms.